The van der Waals surface area contributed by atoms with E-state index >= 15 is 0 Å². The molecule has 1 aromatic rings. The molecule has 6 heteroatoms. The van der Waals surface area contributed by atoms with Gasteiger partial charge in [-0.25, -0.2) is 0 Å². The van der Waals surface area contributed by atoms with Crippen molar-refractivity contribution in [1.29, 1.82) is 5.26 Å². The number of carbonyl (C=O) groups is 2. The number of nitrogens with one attached hydrogen (secondary N) is 1. The molecule has 0 spiro atoms. The topological polar surface area (TPSA) is 73.2 Å². The molecule has 2 rings (SSSR count). The van der Waals surface area contributed by atoms with Gasteiger partial charge in [0.2, 0.25) is 11.8 Å². The fourth-order valence-corrected chi connectivity index (χ4v) is 2.33. The number of anilines is 1. The largest absolute Gasteiger partial charge is 0.343 e. The van der Waals surface area contributed by atoms with Crippen LogP contribution < -0.4 is 10.2 Å². The Labute approximate surface area is 122 Å². The van der Waals surface area contributed by atoms with E-state index < -0.39 is 5.92 Å². The third-order valence-corrected chi connectivity index (χ3v) is 3.71. The van der Waals surface area contributed by atoms with Crippen LogP contribution in [0.4, 0.5) is 5.69 Å². The van der Waals surface area contributed by atoms with Gasteiger partial charge in [0.05, 0.1) is 12.0 Å². The molecule has 0 radical (unpaired) electrons. The minimum absolute atomic E-state index is 0.0418. The number of benzene rings is 1. The molecule has 1 atom stereocenters. The lowest BCUT2D eigenvalue weighted by Crippen LogP contribution is -2.33. The number of amides is 2. The zero-order valence-corrected chi connectivity index (χ0v) is 11.8. The van der Waals surface area contributed by atoms with Gasteiger partial charge in [0.25, 0.3) is 0 Å². The van der Waals surface area contributed by atoms with Gasteiger partial charge >= 0.3 is 0 Å². The number of nitrogens with zero attached hydrogens (tertiary/aromatic N) is 2. The van der Waals surface area contributed by atoms with Gasteiger partial charge in [0.1, 0.15) is 6.54 Å². The first-order valence-corrected chi connectivity index (χ1v) is 6.62. The molecular formula is C14H14ClN3O2. The second kappa shape index (κ2) is 5.93. The molecule has 0 bridgehead atoms. The van der Waals surface area contributed by atoms with Gasteiger partial charge in [-0.15, -0.1) is 0 Å². The first-order valence-electron chi connectivity index (χ1n) is 6.24. The highest BCUT2D eigenvalue weighted by molar-refractivity contribution is 6.31. The maximum absolute atomic E-state index is 12.0. The van der Waals surface area contributed by atoms with E-state index in [1.807, 2.05) is 25.1 Å². The number of halogens is 1. The van der Waals surface area contributed by atoms with Crippen molar-refractivity contribution in [3.63, 3.8) is 0 Å². The summed E-state index contributed by atoms with van der Waals surface area (Å²) in [7, 11) is 0. The van der Waals surface area contributed by atoms with Crippen molar-refractivity contribution in [2.24, 2.45) is 5.92 Å². The molecular weight excluding hydrogens is 278 g/mol. The fraction of sp³-hybridized carbons (Fsp3) is 0.357. The highest BCUT2D eigenvalue weighted by atomic mass is 35.5. The van der Waals surface area contributed by atoms with Crippen LogP contribution in [-0.2, 0) is 9.59 Å². The van der Waals surface area contributed by atoms with Gasteiger partial charge in [0, 0.05) is 23.7 Å². The van der Waals surface area contributed by atoms with Gasteiger partial charge < -0.3 is 10.2 Å². The van der Waals surface area contributed by atoms with Crippen molar-refractivity contribution in [1.82, 2.24) is 5.32 Å². The molecule has 1 aliphatic heterocycles. The van der Waals surface area contributed by atoms with Crippen LogP contribution in [0.2, 0.25) is 5.02 Å². The van der Waals surface area contributed by atoms with Crippen LogP contribution in [-0.4, -0.2) is 24.9 Å². The SMILES string of the molecule is Cc1ccc(N2C[C@H](C(=O)NCC#N)CC2=O)cc1Cl. The second-order valence-electron chi connectivity index (χ2n) is 4.71. The Hall–Kier alpha value is -2.06. The summed E-state index contributed by atoms with van der Waals surface area (Å²) >= 11 is 6.05. The number of nitriles is 1. The third-order valence-electron chi connectivity index (χ3n) is 3.30. The highest BCUT2D eigenvalue weighted by Crippen LogP contribution is 2.28. The van der Waals surface area contributed by atoms with Crippen molar-refractivity contribution in [3.8, 4) is 6.07 Å². The van der Waals surface area contributed by atoms with Crippen LogP contribution in [0.5, 0.6) is 0 Å². The van der Waals surface area contributed by atoms with Crippen LogP contribution in [0, 0.1) is 24.2 Å². The van der Waals surface area contributed by atoms with Crippen LogP contribution >= 0.6 is 11.6 Å². The Morgan fingerprint density at radius 1 is 1.60 bits per heavy atom. The first-order chi connectivity index (χ1) is 9.52. The molecule has 1 aromatic carbocycles. The first kappa shape index (κ1) is 14.4. The Morgan fingerprint density at radius 2 is 2.35 bits per heavy atom. The summed E-state index contributed by atoms with van der Waals surface area (Å²) in [5, 5.41) is 11.5. The van der Waals surface area contributed by atoms with Gasteiger partial charge in [-0.05, 0) is 24.6 Å². The Bertz CT molecular complexity index is 595. The summed E-state index contributed by atoms with van der Waals surface area (Å²) in [4.78, 5) is 25.3. The molecule has 0 saturated carbocycles. The summed E-state index contributed by atoms with van der Waals surface area (Å²) in [5.41, 5.74) is 1.63. The smallest absolute Gasteiger partial charge is 0.227 e. The molecule has 104 valence electrons. The maximum Gasteiger partial charge on any atom is 0.227 e. The van der Waals surface area contributed by atoms with E-state index in [0.29, 0.717) is 17.3 Å². The standard InChI is InChI=1S/C14H14ClN3O2/c1-9-2-3-11(7-12(9)15)18-8-10(6-13(18)19)14(20)17-5-4-16/h2-3,7,10H,5-6,8H2,1H3,(H,17,20)/t10-/m1/s1. The van der Waals surface area contributed by atoms with Gasteiger partial charge in [-0.2, -0.15) is 5.26 Å². The summed E-state index contributed by atoms with van der Waals surface area (Å²) in [6.45, 7) is 2.16. The molecule has 5 nitrogen and oxygen atoms in total. The molecule has 1 aliphatic rings. The number of hydrogen-bond donors (Lipinski definition) is 1. The molecule has 20 heavy (non-hydrogen) atoms. The second-order valence-corrected chi connectivity index (χ2v) is 5.12. The summed E-state index contributed by atoms with van der Waals surface area (Å²) in [6.07, 6.45) is 0.156. The maximum atomic E-state index is 12.0. The summed E-state index contributed by atoms with van der Waals surface area (Å²) in [5.74, 6) is -0.793. The van der Waals surface area contributed by atoms with E-state index in [1.54, 1.807) is 11.0 Å². The minimum atomic E-state index is -0.420. The summed E-state index contributed by atoms with van der Waals surface area (Å²) < 4.78 is 0. The monoisotopic (exact) mass is 291 g/mol. The molecule has 0 aliphatic carbocycles. The van der Waals surface area contributed by atoms with Crippen molar-refractivity contribution in [2.45, 2.75) is 13.3 Å². The fourth-order valence-electron chi connectivity index (χ4n) is 2.15. The van der Waals surface area contributed by atoms with E-state index in [4.69, 9.17) is 16.9 Å². The minimum Gasteiger partial charge on any atom is -0.343 e. The van der Waals surface area contributed by atoms with Crippen LogP contribution in [0.1, 0.15) is 12.0 Å². The zero-order chi connectivity index (χ0) is 14.7. The van der Waals surface area contributed by atoms with Crippen molar-refractivity contribution in [3.05, 3.63) is 28.8 Å². The van der Waals surface area contributed by atoms with Gasteiger partial charge in [-0.3, -0.25) is 9.59 Å². The Balaban J connectivity index is 2.11. The molecule has 2 amide bonds. The van der Waals surface area contributed by atoms with Crippen molar-refractivity contribution >= 4 is 29.1 Å². The number of rotatable bonds is 3. The lowest BCUT2D eigenvalue weighted by Gasteiger charge is -2.17. The zero-order valence-electron chi connectivity index (χ0n) is 11.0. The van der Waals surface area contributed by atoms with E-state index in [2.05, 4.69) is 5.32 Å². The molecule has 1 N–H and O–H groups in total. The molecule has 0 aromatic heterocycles. The van der Waals surface area contributed by atoms with Crippen molar-refractivity contribution < 1.29 is 9.59 Å². The lowest BCUT2D eigenvalue weighted by molar-refractivity contribution is -0.126. The number of carbonyl (C=O) groups excluding carboxylic acids is 2. The average Bonchev–Trinajstić information content (AvgIpc) is 2.81. The molecule has 1 saturated heterocycles. The number of hydrogen-bond acceptors (Lipinski definition) is 3. The summed E-state index contributed by atoms with van der Waals surface area (Å²) in [6, 6.07) is 7.22. The van der Waals surface area contributed by atoms with Gasteiger partial charge in [0.15, 0.2) is 0 Å². The predicted octanol–water partition coefficient (Wildman–Crippen LogP) is 1.64. The lowest BCUT2D eigenvalue weighted by atomic mass is 10.1. The third kappa shape index (κ3) is 2.91. The van der Waals surface area contributed by atoms with E-state index in [9.17, 15) is 9.59 Å². The van der Waals surface area contributed by atoms with E-state index in [1.165, 1.54) is 0 Å². The van der Waals surface area contributed by atoms with Crippen LogP contribution in [0.15, 0.2) is 18.2 Å². The number of aryl methyl sites for hydroxylation is 1. The molecule has 0 unspecified atom stereocenters. The normalized spacial score (nSPS) is 17.9. The Morgan fingerprint density at radius 3 is 3.00 bits per heavy atom. The Kier molecular flexibility index (Phi) is 4.26. The quantitative estimate of drug-likeness (QED) is 0.861. The van der Waals surface area contributed by atoms with Gasteiger partial charge in [-0.1, -0.05) is 17.7 Å². The highest BCUT2D eigenvalue weighted by Gasteiger charge is 2.35. The van der Waals surface area contributed by atoms with E-state index in [-0.39, 0.29) is 24.8 Å². The van der Waals surface area contributed by atoms with E-state index in [0.717, 1.165) is 5.56 Å². The average molecular weight is 292 g/mol. The molecule has 1 heterocycles. The predicted molar refractivity (Wildman–Crippen MR) is 75.3 cm³/mol. The molecule has 1 fully saturated rings. The van der Waals surface area contributed by atoms with Crippen molar-refractivity contribution in [2.75, 3.05) is 18.0 Å². The van der Waals surface area contributed by atoms with Crippen LogP contribution in [0.25, 0.3) is 0 Å². The van der Waals surface area contributed by atoms with Crippen LogP contribution in [0.3, 0.4) is 0 Å².